The van der Waals surface area contributed by atoms with E-state index >= 15 is 0 Å². The molecule has 0 saturated heterocycles. The molecule has 0 unspecified atom stereocenters. The molecule has 5 heteroatoms. The lowest BCUT2D eigenvalue weighted by Gasteiger charge is -2.43. The maximum atomic E-state index is 10.9. The molecule has 0 aromatic heterocycles. The molecule has 0 fully saturated rings. The Kier molecular flexibility index (Phi) is 4.38. The highest BCUT2D eigenvalue weighted by molar-refractivity contribution is 5.60. The zero-order chi connectivity index (χ0) is 18.9. The molecular formula is C22H20N2O3. The average molecular weight is 360 g/mol. The molecule has 27 heavy (non-hydrogen) atoms. The Morgan fingerprint density at radius 3 is 2.33 bits per heavy atom. The fraction of sp³-hybridized carbons (Fsp3) is 0.182. The Bertz CT molecular complexity index is 957. The SMILES string of the molecule is CC[C@@]1(c2ccccc2)O[C@H](c2ccc([N+](=O)[O-])cc2)Nc2ccccc21. The molecule has 0 spiro atoms. The molecule has 1 heterocycles. The first-order valence-corrected chi connectivity index (χ1v) is 8.98. The Hall–Kier alpha value is -3.18. The molecule has 0 aliphatic carbocycles. The number of hydrogen-bond acceptors (Lipinski definition) is 4. The van der Waals surface area contributed by atoms with Crippen LogP contribution in [0.5, 0.6) is 0 Å². The second kappa shape index (κ2) is 6.85. The fourth-order valence-electron chi connectivity index (χ4n) is 3.73. The van der Waals surface area contributed by atoms with Gasteiger partial charge in [0, 0.05) is 28.9 Å². The molecule has 3 aromatic rings. The number of nitro groups is 1. The van der Waals surface area contributed by atoms with Crippen molar-refractivity contribution in [2.75, 3.05) is 5.32 Å². The summed E-state index contributed by atoms with van der Waals surface area (Å²) in [7, 11) is 0. The Labute approximate surface area is 157 Å². The van der Waals surface area contributed by atoms with Gasteiger partial charge in [-0.3, -0.25) is 10.1 Å². The van der Waals surface area contributed by atoms with E-state index in [1.54, 1.807) is 12.1 Å². The van der Waals surface area contributed by atoms with Gasteiger partial charge in [0.05, 0.1) is 4.92 Å². The summed E-state index contributed by atoms with van der Waals surface area (Å²) in [5.74, 6) is 0. The highest BCUT2D eigenvalue weighted by Crippen LogP contribution is 2.47. The van der Waals surface area contributed by atoms with Crippen LogP contribution in [0.4, 0.5) is 11.4 Å². The highest BCUT2D eigenvalue weighted by atomic mass is 16.6. The third kappa shape index (κ3) is 2.96. The molecule has 1 aliphatic rings. The maximum Gasteiger partial charge on any atom is 0.269 e. The van der Waals surface area contributed by atoms with Crippen molar-refractivity contribution in [3.63, 3.8) is 0 Å². The minimum absolute atomic E-state index is 0.0692. The van der Waals surface area contributed by atoms with Crippen LogP contribution in [0.1, 0.15) is 36.3 Å². The summed E-state index contributed by atoms with van der Waals surface area (Å²) in [6.07, 6.45) is 0.361. The van der Waals surface area contributed by atoms with Crippen LogP contribution in [-0.2, 0) is 10.3 Å². The first-order valence-electron chi connectivity index (χ1n) is 8.98. The number of fused-ring (bicyclic) bond motifs is 1. The number of ether oxygens (including phenoxy) is 1. The molecule has 0 amide bonds. The number of anilines is 1. The van der Waals surface area contributed by atoms with Crippen LogP contribution in [0, 0.1) is 10.1 Å². The summed E-state index contributed by atoms with van der Waals surface area (Å²) in [6, 6.07) is 24.8. The smallest absolute Gasteiger partial charge is 0.269 e. The number of para-hydroxylation sites is 1. The van der Waals surface area contributed by atoms with Gasteiger partial charge in [-0.2, -0.15) is 0 Å². The molecule has 0 bridgehead atoms. The van der Waals surface area contributed by atoms with E-state index in [9.17, 15) is 10.1 Å². The van der Waals surface area contributed by atoms with Gasteiger partial charge >= 0.3 is 0 Å². The van der Waals surface area contributed by atoms with Crippen LogP contribution in [0.2, 0.25) is 0 Å². The summed E-state index contributed by atoms with van der Waals surface area (Å²) in [5, 5.41) is 14.4. The van der Waals surface area contributed by atoms with Gasteiger partial charge in [-0.15, -0.1) is 0 Å². The Morgan fingerprint density at radius 1 is 1.00 bits per heavy atom. The van der Waals surface area contributed by atoms with Gasteiger partial charge < -0.3 is 10.1 Å². The first-order chi connectivity index (χ1) is 13.1. The van der Waals surface area contributed by atoms with E-state index < -0.39 is 16.8 Å². The molecule has 4 rings (SSSR count). The van der Waals surface area contributed by atoms with Gasteiger partial charge in [0.15, 0.2) is 6.23 Å². The third-order valence-electron chi connectivity index (χ3n) is 5.11. The summed E-state index contributed by atoms with van der Waals surface area (Å²) in [5.41, 5.74) is 3.53. The van der Waals surface area contributed by atoms with E-state index in [-0.39, 0.29) is 5.69 Å². The lowest BCUT2D eigenvalue weighted by Crippen LogP contribution is -2.39. The quantitative estimate of drug-likeness (QED) is 0.500. The van der Waals surface area contributed by atoms with Crippen LogP contribution >= 0.6 is 0 Å². The average Bonchev–Trinajstić information content (AvgIpc) is 2.73. The third-order valence-corrected chi connectivity index (χ3v) is 5.11. The molecule has 3 aromatic carbocycles. The van der Waals surface area contributed by atoms with Gasteiger partial charge in [-0.1, -0.05) is 55.5 Å². The summed E-state index contributed by atoms with van der Waals surface area (Å²) >= 11 is 0. The van der Waals surface area contributed by atoms with E-state index in [1.807, 2.05) is 36.4 Å². The monoisotopic (exact) mass is 360 g/mol. The van der Waals surface area contributed by atoms with Crippen molar-refractivity contribution in [3.05, 3.63) is 106 Å². The number of nitro benzene ring substituents is 1. The van der Waals surface area contributed by atoms with Gasteiger partial charge in [0.2, 0.25) is 0 Å². The van der Waals surface area contributed by atoms with Crippen LogP contribution in [-0.4, -0.2) is 4.92 Å². The minimum atomic E-state index is -0.588. The number of non-ortho nitro benzene ring substituents is 1. The van der Waals surface area contributed by atoms with Crippen LogP contribution in [0.3, 0.4) is 0 Å². The van der Waals surface area contributed by atoms with Crippen molar-refractivity contribution in [3.8, 4) is 0 Å². The Balaban J connectivity index is 1.81. The van der Waals surface area contributed by atoms with Gasteiger partial charge in [0.25, 0.3) is 5.69 Å². The lowest BCUT2D eigenvalue weighted by atomic mass is 9.81. The number of rotatable bonds is 4. The number of nitrogens with one attached hydrogen (secondary N) is 1. The van der Waals surface area contributed by atoms with Crippen LogP contribution in [0.15, 0.2) is 78.9 Å². The largest absolute Gasteiger partial charge is 0.356 e. The number of hydrogen-bond donors (Lipinski definition) is 1. The van der Waals surface area contributed by atoms with Crippen LogP contribution in [0.25, 0.3) is 0 Å². The van der Waals surface area contributed by atoms with Crippen molar-refractivity contribution in [1.82, 2.24) is 0 Å². The molecule has 1 N–H and O–H groups in total. The molecular weight excluding hydrogens is 340 g/mol. The number of benzene rings is 3. The lowest BCUT2D eigenvalue weighted by molar-refractivity contribution is -0.384. The second-order valence-electron chi connectivity index (χ2n) is 6.58. The van der Waals surface area contributed by atoms with Crippen molar-refractivity contribution < 1.29 is 9.66 Å². The molecule has 0 saturated carbocycles. The van der Waals surface area contributed by atoms with E-state index in [0.717, 1.165) is 28.8 Å². The van der Waals surface area contributed by atoms with E-state index in [1.165, 1.54) is 12.1 Å². The summed E-state index contributed by atoms with van der Waals surface area (Å²) < 4.78 is 6.64. The molecule has 0 radical (unpaired) electrons. The summed E-state index contributed by atoms with van der Waals surface area (Å²) in [4.78, 5) is 10.6. The Morgan fingerprint density at radius 2 is 1.67 bits per heavy atom. The number of nitrogens with zero attached hydrogens (tertiary/aromatic N) is 1. The normalized spacial score (nSPS) is 21.1. The van der Waals surface area contributed by atoms with Crippen molar-refractivity contribution >= 4 is 11.4 Å². The summed E-state index contributed by atoms with van der Waals surface area (Å²) in [6.45, 7) is 2.11. The van der Waals surface area contributed by atoms with Gasteiger partial charge in [-0.25, -0.2) is 0 Å². The van der Waals surface area contributed by atoms with Crippen molar-refractivity contribution in [1.29, 1.82) is 0 Å². The topological polar surface area (TPSA) is 64.4 Å². The fourth-order valence-corrected chi connectivity index (χ4v) is 3.73. The molecule has 5 nitrogen and oxygen atoms in total. The van der Waals surface area contributed by atoms with Gasteiger partial charge in [0.1, 0.15) is 5.60 Å². The van der Waals surface area contributed by atoms with Crippen molar-refractivity contribution in [2.24, 2.45) is 0 Å². The zero-order valence-electron chi connectivity index (χ0n) is 15.0. The zero-order valence-corrected chi connectivity index (χ0v) is 15.0. The molecule has 136 valence electrons. The predicted molar refractivity (Wildman–Crippen MR) is 105 cm³/mol. The predicted octanol–water partition coefficient (Wildman–Crippen LogP) is 5.39. The van der Waals surface area contributed by atoms with E-state index in [0.29, 0.717) is 0 Å². The standard InChI is InChI=1S/C22H20N2O3/c1-2-22(17-8-4-3-5-9-17)19-10-6-7-11-20(19)23-21(27-22)16-12-14-18(15-13-16)24(25)26/h3-15,21,23H,2H2,1H3/t21-,22+/m1/s1. The molecule has 2 atom stereocenters. The second-order valence-corrected chi connectivity index (χ2v) is 6.58. The minimum Gasteiger partial charge on any atom is -0.356 e. The van der Waals surface area contributed by atoms with Gasteiger partial charge in [-0.05, 0) is 30.2 Å². The first kappa shape index (κ1) is 17.2. The highest BCUT2D eigenvalue weighted by Gasteiger charge is 2.41. The molecule has 1 aliphatic heterocycles. The van der Waals surface area contributed by atoms with Crippen LogP contribution < -0.4 is 5.32 Å². The maximum absolute atomic E-state index is 10.9. The van der Waals surface area contributed by atoms with E-state index in [4.69, 9.17) is 4.74 Å². The van der Waals surface area contributed by atoms with E-state index in [2.05, 4.69) is 30.4 Å². The van der Waals surface area contributed by atoms with Crippen molar-refractivity contribution in [2.45, 2.75) is 25.2 Å².